The van der Waals surface area contributed by atoms with Crippen molar-refractivity contribution in [3.8, 4) is 0 Å². The Morgan fingerprint density at radius 1 is 1.24 bits per heavy atom. The van der Waals surface area contributed by atoms with Gasteiger partial charge in [0.2, 0.25) is 0 Å². The van der Waals surface area contributed by atoms with Gasteiger partial charge in [-0.1, -0.05) is 6.08 Å². The van der Waals surface area contributed by atoms with Gasteiger partial charge in [-0.3, -0.25) is 0 Å². The van der Waals surface area contributed by atoms with Gasteiger partial charge in [-0.15, -0.1) is 6.58 Å². The van der Waals surface area contributed by atoms with E-state index in [1.54, 1.807) is 11.1 Å². The number of hydrogen-bond donors (Lipinski definition) is 1. The fourth-order valence-corrected chi connectivity index (χ4v) is 4.26. The average molecular weight is 471 g/mol. The van der Waals surface area contributed by atoms with E-state index in [0.717, 1.165) is 17.7 Å². The molecule has 1 unspecified atom stereocenters. The smallest absolute Gasteiger partial charge is 0.407 e. The van der Waals surface area contributed by atoms with Gasteiger partial charge in [-0.05, 0) is 43.2 Å². The number of nitrogens with one attached hydrogen (secondary N) is 1. The molecule has 1 N–H and O–H groups in total. The molecule has 0 radical (unpaired) electrons. The van der Waals surface area contributed by atoms with Gasteiger partial charge in [0.05, 0.1) is 19.1 Å². The second-order valence-electron chi connectivity index (χ2n) is 8.78. The Hall–Kier alpha value is -3.49. The number of carbonyl (C=O) groups is 2. The first-order valence-corrected chi connectivity index (χ1v) is 11.3. The van der Waals surface area contributed by atoms with Crippen molar-refractivity contribution in [2.24, 2.45) is 0 Å². The highest BCUT2D eigenvalue weighted by Crippen LogP contribution is 2.32. The first kappa shape index (κ1) is 23.7. The topological polar surface area (TPSA) is 74.8 Å². The van der Waals surface area contributed by atoms with Crippen LogP contribution < -0.4 is 15.1 Å². The molecular formula is C25H28F2N4O3. The lowest BCUT2D eigenvalue weighted by Crippen LogP contribution is -2.61. The summed E-state index contributed by atoms with van der Waals surface area (Å²) >= 11 is 0. The number of nitrogens with zero attached hydrogens (tertiary/aromatic N) is 3. The summed E-state index contributed by atoms with van der Waals surface area (Å²) in [6.07, 6.45) is 3.74. The SMILES string of the molecule is C=CC(CCC=O)c1c(F)cc(N2CC(NC(=O)OC3CN(c4cc(C)ccn4)C3)C2)cc1F. The maximum Gasteiger partial charge on any atom is 0.407 e. The molecule has 0 aliphatic carbocycles. The molecule has 2 aliphatic rings. The second kappa shape index (κ2) is 10.2. The average Bonchev–Trinajstić information content (AvgIpc) is 2.74. The number of amides is 1. The van der Waals surface area contributed by atoms with Crippen molar-refractivity contribution < 1.29 is 23.1 Å². The summed E-state index contributed by atoms with van der Waals surface area (Å²) in [6, 6.07) is 6.32. The third-order valence-electron chi connectivity index (χ3n) is 6.23. The van der Waals surface area contributed by atoms with Crippen molar-refractivity contribution in [3.63, 3.8) is 0 Å². The minimum atomic E-state index is -0.667. The number of aromatic nitrogens is 1. The molecule has 180 valence electrons. The number of pyridine rings is 1. The van der Waals surface area contributed by atoms with Gasteiger partial charge in [0, 0.05) is 42.9 Å². The van der Waals surface area contributed by atoms with E-state index >= 15 is 0 Å². The van der Waals surface area contributed by atoms with Crippen LogP contribution in [0.1, 0.15) is 29.9 Å². The number of alkyl carbamates (subject to hydrolysis) is 1. The van der Waals surface area contributed by atoms with Crippen molar-refractivity contribution in [2.75, 3.05) is 36.0 Å². The molecule has 4 rings (SSSR count). The largest absolute Gasteiger partial charge is 0.442 e. The number of hydrogen-bond acceptors (Lipinski definition) is 6. The first-order valence-electron chi connectivity index (χ1n) is 11.3. The second-order valence-corrected chi connectivity index (χ2v) is 8.78. The van der Waals surface area contributed by atoms with E-state index in [1.165, 1.54) is 18.2 Å². The molecule has 0 saturated carbocycles. The number of carbonyl (C=O) groups excluding carboxylic acids is 2. The zero-order valence-corrected chi connectivity index (χ0v) is 19.0. The maximum atomic E-state index is 14.7. The van der Waals surface area contributed by atoms with E-state index in [9.17, 15) is 18.4 Å². The third-order valence-corrected chi connectivity index (χ3v) is 6.23. The lowest BCUT2D eigenvalue weighted by atomic mass is 9.93. The molecule has 3 heterocycles. The predicted molar refractivity (Wildman–Crippen MR) is 125 cm³/mol. The molecule has 2 aliphatic heterocycles. The van der Waals surface area contributed by atoms with E-state index in [0.29, 0.717) is 38.3 Å². The summed E-state index contributed by atoms with van der Waals surface area (Å²) in [6.45, 7) is 7.65. The molecule has 1 atom stereocenters. The number of aldehydes is 1. The standard InChI is InChI=1S/C25H28F2N4O3/c1-3-17(5-4-8-32)24-21(26)10-19(11-22(24)27)30-12-18(13-30)29-25(33)34-20-14-31(15-20)23-9-16(2)6-7-28-23/h3,6-11,17-18,20H,1,4-5,12-15H2,2H3,(H,29,33). The van der Waals surface area contributed by atoms with Crippen molar-refractivity contribution in [1.82, 2.24) is 10.3 Å². The van der Waals surface area contributed by atoms with Crippen LogP contribution >= 0.6 is 0 Å². The summed E-state index contributed by atoms with van der Waals surface area (Å²) in [4.78, 5) is 31.0. The number of rotatable bonds is 9. The molecule has 2 aromatic rings. The fourth-order valence-electron chi connectivity index (χ4n) is 4.26. The molecule has 7 nitrogen and oxygen atoms in total. The maximum absolute atomic E-state index is 14.7. The minimum absolute atomic E-state index is 0.0743. The number of benzene rings is 1. The van der Waals surface area contributed by atoms with E-state index in [2.05, 4.69) is 16.9 Å². The Morgan fingerprint density at radius 3 is 2.56 bits per heavy atom. The Balaban J connectivity index is 1.24. The van der Waals surface area contributed by atoms with Gasteiger partial charge in [0.1, 0.15) is 29.8 Å². The number of aryl methyl sites for hydroxylation is 1. The molecule has 0 spiro atoms. The predicted octanol–water partition coefficient (Wildman–Crippen LogP) is 3.72. The molecule has 2 saturated heterocycles. The van der Waals surface area contributed by atoms with Gasteiger partial charge >= 0.3 is 6.09 Å². The van der Waals surface area contributed by atoms with Crippen LogP contribution in [-0.2, 0) is 9.53 Å². The molecule has 1 aromatic carbocycles. The summed E-state index contributed by atoms with van der Waals surface area (Å²) in [7, 11) is 0. The number of allylic oxidation sites excluding steroid dienone is 1. The van der Waals surface area contributed by atoms with Crippen LogP contribution in [-0.4, -0.2) is 55.7 Å². The number of anilines is 2. The number of halogens is 2. The van der Waals surface area contributed by atoms with Crippen LogP contribution in [0.15, 0.2) is 43.1 Å². The van der Waals surface area contributed by atoms with Crippen molar-refractivity contribution >= 4 is 23.9 Å². The third kappa shape index (κ3) is 5.18. The lowest BCUT2D eigenvalue weighted by molar-refractivity contribution is -0.107. The van der Waals surface area contributed by atoms with Gasteiger partial charge in [-0.2, -0.15) is 0 Å². The van der Waals surface area contributed by atoms with Crippen LogP contribution in [0.4, 0.5) is 25.1 Å². The summed E-state index contributed by atoms with van der Waals surface area (Å²) in [5, 5.41) is 2.80. The molecular weight excluding hydrogens is 442 g/mol. The first-order chi connectivity index (χ1) is 16.4. The Morgan fingerprint density at radius 2 is 1.94 bits per heavy atom. The van der Waals surface area contributed by atoms with Crippen molar-refractivity contribution in [1.29, 1.82) is 0 Å². The van der Waals surface area contributed by atoms with Crippen molar-refractivity contribution in [2.45, 2.75) is 37.8 Å². The zero-order chi connectivity index (χ0) is 24.2. The summed E-state index contributed by atoms with van der Waals surface area (Å²) in [5.74, 6) is -1.04. The van der Waals surface area contributed by atoms with E-state index in [4.69, 9.17) is 4.74 Å². The van der Waals surface area contributed by atoms with E-state index in [-0.39, 0.29) is 24.1 Å². The quantitative estimate of drug-likeness (QED) is 0.445. The van der Waals surface area contributed by atoms with Gasteiger partial charge in [0.15, 0.2) is 0 Å². The summed E-state index contributed by atoms with van der Waals surface area (Å²) in [5.41, 5.74) is 1.45. The number of ether oxygens (including phenoxy) is 1. The molecule has 2 fully saturated rings. The van der Waals surface area contributed by atoms with E-state index in [1.807, 2.05) is 24.0 Å². The van der Waals surface area contributed by atoms with Crippen LogP contribution in [0.3, 0.4) is 0 Å². The highest BCUT2D eigenvalue weighted by molar-refractivity contribution is 5.69. The molecule has 0 bridgehead atoms. The van der Waals surface area contributed by atoms with Crippen molar-refractivity contribution in [3.05, 3.63) is 65.9 Å². The molecule has 34 heavy (non-hydrogen) atoms. The molecule has 1 amide bonds. The van der Waals surface area contributed by atoms with Gasteiger partial charge in [-0.25, -0.2) is 18.6 Å². The van der Waals surface area contributed by atoms with Gasteiger partial charge in [0.25, 0.3) is 0 Å². The molecule has 1 aromatic heterocycles. The lowest BCUT2D eigenvalue weighted by Gasteiger charge is -2.42. The Labute approximate surface area is 197 Å². The highest BCUT2D eigenvalue weighted by Gasteiger charge is 2.34. The van der Waals surface area contributed by atoms with Gasteiger partial charge < -0.3 is 24.6 Å². The zero-order valence-electron chi connectivity index (χ0n) is 19.0. The highest BCUT2D eigenvalue weighted by atomic mass is 19.1. The molecule has 9 heteroatoms. The normalized spacial score (nSPS) is 16.9. The minimum Gasteiger partial charge on any atom is -0.442 e. The van der Waals surface area contributed by atoms with Crippen LogP contribution in [0.25, 0.3) is 0 Å². The fraction of sp³-hybridized carbons (Fsp3) is 0.400. The van der Waals surface area contributed by atoms with E-state index < -0.39 is 23.6 Å². The monoisotopic (exact) mass is 470 g/mol. The van der Waals surface area contributed by atoms with Crippen LogP contribution in [0.5, 0.6) is 0 Å². The van der Waals surface area contributed by atoms with Crippen LogP contribution in [0.2, 0.25) is 0 Å². The van der Waals surface area contributed by atoms with Crippen LogP contribution in [0, 0.1) is 18.6 Å². The Kier molecular flexibility index (Phi) is 7.09. The Bertz CT molecular complexity index is 1040. The summed E-state index contributed by atoms with van der Waals surface area (Å²) < 4.78 is 34.8.